The number of amides is 1. The Morgan fingerprint density at radius 3 is 2.50 bits per heavy atom. The van der Waals surface area contributed by atoms with Gasteiger partial charge in [0, 0.05) is 20.0 Å². The number of carbonyl (C=O) groups is 2. The normalized spacial score (nSPS) is 22.6. The van der Waals surface area contributed by atoms with E-state index < -0.39 is 5.97 Å². The average Bonchev–Trinajstić information content (AvgIpc) is 3.29. The molecule has 1 amide bonds. The number of rotatable bonds is 8. The fourth-order valence-corrected chi connectivity index (χ4v) is 5.40. The number of hydrogen-bond acceptors (Lipinski definition) is 5. The van der Waals surface area contributed by atoms with E-state index in [4.69, 9.17) is 16.3 Å². The van der Waals surface area contributed by atoms with Gasteiger partial charge in [0.2, 0.25) is 5.91 Å². The van der Waals surface area contributed by atoms with Crippen molar-refractivity contribution in [2.45, 2.75) is 58.0 Å². The number of nitrogens with zero attached hydrogens (tertiary/aromatic N) is 3. The van der Waals surface area contributed by atoms with Gasteiger partial charge in [-0.3, -0.25) is 9.59 Å². The third kappa shape index (κ3) is 6.35. The summed E-state index contributed by atoms with van der Waals surface area (Å²) in [6, 6.07) is 2.21. The minimum absolute atomic E-state index is 0.000630. The number of carbonyl (C=O) groups excluding carboxylic acids is 1. The lowest BCUT2D eigenvalue weighted by Gasteiger charge is -2.28. The van der Waals surface area contributed by atoms with Crippen molar-refractivity contribution in [1.29, 1.82) is 0 Å². The van der Waals surface area contributed by atoms with E-state index in [9.17, 15) is 14.7 Å². The van der Waals surface area contributed by atoms with E-state index in [0.717, 1.165) is 42.4 Å². The standard InChI is InChI=1S/C29H35ClN4O4/c1-5-18(19-8-10-21(11-9-19)28(36)37)7-6-17(2)25-23(30)16-24-26(32-25)33-29(31-24)38-22-14-12-20(13-15-22)27(35)34(3)4/h5-8,16,20-22H,1,9-15H2,2-4H3,(H,36,37)(H,31,32,33)/b17-6+,18-7+. The molecule has 1 fully saturated rings. The van der Waals surface area contributed by atoms with Crippen molar-refractivity contribution < 1.29 is 19.4 Å². The first kappa shape index (κ1) is 27.6. The SMILES string of the molecule is C=C/C(=C\C=C(/C)c1nc2nc(OC3CCC(C(=O)N(C)C)CC3)[nH]c2cc1Cl)C1=CCC(C(=O)O)CC1. The largest absolute Gasteiger partial charge is 0.481 e. The van der Waals surface area contributed by atoms with Crippen LogP contribution in [0, 0.1) is 11.8 Å². The summed E-state index contributed by atoms with van der Waals surface area (Å²) in [5.41, 5.74) is 4.77. The Kier molecular flexibility index (Phi) is 8.72. The summed E-state index contributed by atoms with van der Waals surface area (Å²) >= 11 is 6.58. The van der Waals surface area contributed by atoms with Gasteiger partial charge < -0.3 is 19.7 Å². The zero-order chi connectivity index (χ0) is 27.4. The summed E-state index contributed by atoms with van der Waals surface area (Å²) in [6.07, 6.45) is 12.8. The first-order chi connectivity index (χ1) is 18.2. The lowest BCUT2D eigenvalue weighted by atomic mass is 9.86. The molecule has 4 rings (SSSR count). The van der Waals surface area contributed by atoms with Crippen molar-refractivity contribution in [3.8, 4) is 6.01 Å². The van der Waals surface area contributed by atoms with E-state index in [1.54, 1.807) is 31.1 Å². The van der Waals surface area contributed by atoms with Crippen molar-refractivity contribution in [2.75, 3.05) is 14.1 Å². The highest BCUT2D eigenvalue weighted by Crippen LogP contribution is 2.32. The van der Waals surface area contributed by atoms with Gasteiger partial charge in [0.05, 0.1) is 22.2 Å². The van der Waals surface area contributed by atoms with Crippen LogP contribution < -0.4 is 4.74 Å². The van der Waals surface area contributed by atoms with Gasteiger partial charge in [-0.15, -0.1) is 0 Å². The summed E-state index contributed by atoms with van der Waals surface area (Å²) in [6.45, 7) is 5.86. The number of aromatic amines is 1. The van der Waals surface area contributed by atoms with Gasteiger partial charge >= 0.3 is 5.97 Å². The Bertz CT molecular complexity index is 1320. The average molecular weight is 539 g/mol. The number of imidazole rings is 1. The molecule has 2 N–H and O–H groups in total. The third-order valence-corrected chi connectivity index (χ3v) is 7.67. The van der Waals surface area contributed by atoms with Crippen molar-refractivity contribution in [2.24, 2.45) is 11.8 Å². The molecule has 2 heterocycles. The molecule has 2 aromatic heterocycles. The molecule has 0 radical (unpaired) electrons. The fraction of sp³-hybridized carbons (Fsp3) is 0.448. The number of H-pyrrole nitrogens is 1. The lowest BCUT2D eigenvalue weighted by molar-refractivity contribution is -0.142. The molecular weight excluding hydrogens is 504 g/mol. The number of halogens is 1. The Morgan fingerprint density at radius 2 is 1.89 bits per heavy atom. The van der Waals surface area contributed by atoms with E-state index in [-0.39, 0.29) is 23.8 Å². The molecule has 0 spiro atoms. The molecule has 2 aliphatic carbocycles. The summed E-state index contributed by atoms with van der Waals surface area (Å²) in [5, 5.41) is 9.73. The van der Waals surface area contributed by atoms with Gasteiger partial charge in [0.15, 0.2) is 5.65 Å². The van der Waals surface area contributed by atoms with Crippen LogP contribution in [0.2, 0.25) is 5.02 Å². The molecule has 1 unspecified atom stereocenters. The number of hydrogen-bond donors (Lipinski definition) is 2. The monoisotopic (exact) mass is 538 g/mol. The molecule has 1 atom stereocenters. The van der Waals surface area contributed by atoms with Crippen LogP contribution in [0.4, 0.5) is 0 Å². The quantitative estimate of drug-likeness (QED) is 0.401. The van der Waals surface area contributed by atoms with E-state index in [2.05, 4.69) is 21.5 Å². The second-order valence-corrected chi connectivity index (χ2v) is 10.7. The topological polar surface area (TPSA) is 108 Å². The highest BCUT2D eigenvalue weighted by Gasteiger charge is 2.29. The predicted octanol–water partition coefficient (Wildman–Crippen LogP) is 5.96. The van der Waals surface area contributed by atoms with Crippen LogP contribution in [-0.2, 0) is 9.59 Å². The molecule has 8 nitrogen and oxygen atoms in total. The number of fused-ring (bicyclic) bond motifs is 1. The van der Waals surface area contributed by atoms with Crippen LogP contribution in [0.15, 0.2) is 48.1 Å². The number of aliphatic carboxylic acids is 1. The molecule has 0 aliphatic heterocycles. The lowest BCUT2D eigenvalue weighted by Crippen LogP contribution is -2.34. The molecule has 1 saturated carbocycles. The van der Waals surface area contributed by atoms with Crippen molar-refractivity contribution in [3.05, 3.63) is 58.8 Å². The van der Waals surface area contributed by atoms with E-state index in [1.807, 2.05) is 25.2 Å². The summed E-state index contributed by atoms with van der Waals surface area (Å²) in [4.78, 5) is 37.5. The van der Waals surface area contributed by atoms with Gasteiger partial charge in [0.1, 0.15) is 6.10 Å². The van der Waals surface area contributed by atoms with Crippen LogP contribution in [0.1, 0.15) is 57.6 Å². The van der Waals surface area contributed by atoms with Crippen LogP contribution in [-0.4, -0.2) is 57.0 Å². The van der Waals surface area contributed by atoms with Crippen LogP contribution in [0.25, 0.3) is 16.7 Å². The smallest absolute Gasteiger partial charge is 0.306 e. The maximum atomic E-state index is 12.2. The Labute approximate surface area is 228 Å². The number of carboxylic acids is 1. The minimum atomic E-state index is -0.743. The zero-order valence-corrected chi connectivity index (χ0v) is 22.9. The van der Waals surface area contributed by atoms with Gasteiger partial charge in [-0.2, -0.15) is 4.98 Å². The molecular formula is C29H35ClN4O4. The fourth-order valence-electron chi connectivity index (χ4n) is 5.10. The van der Waals surface area contributed by atoms with Crippen molar-refractivity contribution in [3.63, 3.8) is 0 Å². The van der Waals surface area contributed by atoms with Crippen LogP contribution >= 0.6 is 11.6 Å². The number of ether oxygens (including phenoxy) is 1. The van der Waals surface area contributed by atoms with Gasteiger partial charge in [-0.05, 0) is 74.7 Å². The number of allylic oxidation sites excluding steroid dienone is 7. The maximum absolute atomic E-state index is 12.2. The zero-order valence-electron chi connectivity index (χ0n) is 22.2. The first-order valence-corrected chi connectivity index (χ1v) is 13.4. The third-order valence-electron chi connectivity index (χ3n) is 7.38. The van der Waals surface area contributed by atoms with E-state index in [0.29, 0.717) is 47.2 Å². The Balaban J connectivity index is 1.46. The first-order valence-electron chi connectivity index (χ1n) is 13.0. The van der Waals surface area contributed by atoms with Crippen molar-refractivity contribution >= 4 is 40.2 Å². The number of nitrogens with one attached hydrogen (secondary N) is 1. The number of carboxylic acid groups (broad SMARTS) is 1. The summed E-state index contributed by atoms with van der Waals surface area (Å²) in [5.74, 6) is -0.821. The molecule has 2 aliphatic rings. The molecule has 202 valence electrons. The van der Waals surface area contributed by atoms with Gasteiger partial charge in [-0.1, -0.05) is 42.5 Å². The molecule has 0 aromatic carbocycles. The van der Waals surface area contributed by atoms with Gasteiger partial charge in [-0.25, -0.2) is 4.98 Å². The second-order valence-electron chi connectivity index (χ2n) is 10.3. The van der Waals surface area contributed by atoms with E-state index >= 15 is 0 Å². The molecule has 2 aromatic rings. The molecule has 0 saturated heterocycles. The molecule has 38 heavy (non-hydrogen) atoms. The maximum Gasteiger partial charge on any atom is 0.306 e. The Hall–Kier alpha value is -3.39. The summed E-state index contributed by atoms with van der Waals surface area (Å²) in [7, 11) is 3.59. The number of aromatic nitrogens is 3. The van der Waals surface area contributed by atoms with Crippen LogP contribution in [0.5, 0.6) is 6.01 Å². The van der Waals surface area contributed by atoms with Crippen molar-refractivity contribution in [1.82, 2.24) is 19.9 Å². The Morgan fingerprint density at radius 1 is 1.16 bits per heavy atom. The second kappa shape index (κ2) is 12.0. The van der Waals surface area contributed by atoms with Crippen LogP contribution in [0.3, 0.4) is 0 Å². The predicted molar refractivity (Wildman–Crippen MR) is 149 cm³/mol. The number of pyridine rings is 1. The van der Waals surface area contributed by atoms with Gasteiger partial charge in [0.25, 0.3) is 6.01 Å². The summed E-state index contributed by atoms with van der Waals surface area (Å²) < 4.78 is 6.10. The van der Waals surface area contributed by atoms with E-state index in [1.165, 1.54) is 0 Å². The molecule has 0 bridgehead atoms. The highest BCUT2D eigenvalue weighted by molar-refractivity contribution is 6.32. The highest BCUT2D eigenvalue weighted by atomic mass is 35.5. The molecule has 9 heteroatoms. The minimum Gasteiger partial charge on any atom is -0.481 e.